The van der Waals surface area contributed by atoms with E-state index in [1.807, 2.05) is 12.1 Å². The van der Waals surface area contributed by atoms with Gasteiger partial charge in [-0.3, -0.25) is 4.99 Å². The van der Waals surface area contributed by atoms with Gasteiger partial charge in [0, 0.05) is 12.8 Å². The van der Waals surface area contributed by atoms with E-state index >= 15 is 0 Å². The minimum atomic E-state index is -0.616. The van der Waals surface area contributed by atoms with E-state index in [0.29, 0.717) is 23.9 Å². The van der Waals surface area contributed by atoms with Gasteiger partial charge in [0.15, 0.2) is 0 Å². The zero-order valence-electron chi connectivity index (χ0n) is 12.3. The van der Waals surface area contributed by atoms with Crippen molar-refractivity contribution < 1.29 is 14.6 Å². The molecular formula is C18H15NO4. The van der Waals surface area contributed by atoms with Gasteiger partial charge in [-0.2, -0.15) is 0 Å². The molecular weight excluding hydrogens is 294 g/mol. The van der Waals surface area contributed by atoms with Gasteiger partial charge in [0.1, 0.15) is 22.6 Å². The molecule has 1 aromatic heterocycles. The molecule has 5 nitrogen and oxygen atoms in total. The van der Waals surface area contributed by atoms with Crippen molar-refractivity contribution in [1.29, 1.82) is 0 Å². The summed E-state index contributed by atoms with van der Waals surface area (Å²) in [5, 5.41) is 19.9. The molecule has 0 saturated heterocycles. The predicted octanol–water partition coefficient (Wildman–Crippen LogP) is 2.87. The summed E-state index contributed by atoms with van der Waals surface area (Å²) >= 11 is 0. The summed E-state index contributed by atoms with van der Waals surface area (Å²) in [4.78, 5) is 16.1. The Labute approximate surface area is 132 Å². The van der Waals surface area contributed by atoms with Crippen LogP contribution in [0, 0.1) is 0 Å². The van der Waals surface area contributed by atoms with E-state index in [1.165, 1.54) is 6.21 Å². The SMILES string of the molecule is O=c1oc2ccccc2c(O)c1C=NCCc1ccc(O)cc1. The second kappa shape index (κ2) is 6.36. The van der Waals surface area contributed by atoms with Crippen LogP contribution in [0.5, 0.6) is 11.5 Å². The lowest BCUT2D eigenvalue weighted by atomic mass is 10.1. The number of hydrogen-bond donors (Lipinski definition) is 2. The smallest absolute Gasteiger partial charge is 0.348 e. The van der Waals surface area contributed by atoms with Crippen molar-refractivity contribution in [2.24, 2.45) is 4.99 Å². The Balaban J connectivity index is 1.78. The quantitative estimate of drug-likeness (QED) is 0.573. The lowest BCUT2D eigenvalue weighted by Crippen LogP contribution is -2.07. The predicted molar refractivity (Wildman–Crippen MR) is 88.4 cm³/mol. The van der Waals surface area contributed by atoms with Crippen LogP contribution in [0.1, 0.15) is 11.1 Å². The van der Waals surface area contributed by atoms with Crippen LogP contribution < -0.4 is 5.63 Å². The van der Waals surface area contributed by atoms with Crippen molar-refractivity contribution in [3.05, 3.63) is 70.1 Å². The number of aromatic hydroxyl groups is 2. The molecule has 0 amide bonds. The fourth-order valence-corrected chi connectivity index (χ4v) is 2.27. The summed E-state index contributed by atoms with van der Waals surface area (Å²) in [5.74, 6) is 0.0983. The highest BCUT2D eigenvalue weighted by atomic mass is 16.4. The highest BCUT2D eigenvalue weighted by Gasteiger charge is 2.11. The van der Waals surface area contributed by atoms with E-state index in [0.717, 1.165) is 5.56 Å². The molecule has 2 N–H and O–H groups in total. The Kier molecular flexibility index (Phi) is 4.10. The van der Waals surface area contributed by atoms with E-state index < -0.39 is 5.63 Å². The second-order valence-corrected chi connectivity index (χ2v) is 5.10. The van der Waals surface area contributed by atoms with Crippen LogP contribution >= 0.6 is 0 Å². The largest absolute Gasteiger partial charge is 0.508 e. The van der Waals surface area contributed by atoms with Crippen LogP contribution in [0.25, 0.3) is 11.0 Å². The van der Waals surface area contributed by atoms with Gasteiger partial charge in [-0.05, 0) is 36.2 Å². The second-order valence-electron chi connectivity index (χ2n) is 5.10. The summed E-state index contributed by atoms with van der Waals surface area (Å²) in [6, 6.07) is 13.7. The summed E-state index contributed by atoms with van der Waals surface area (Å²) in [5.41, 5.74) is 0.801. The summed E-state index contributed by atoms with van der Waals surface area (Å²) < 4.78 is 5.17. The molecule has 0 atom stereocenters. The van der Waals surface area contributed by atoms with E-state index in [1.54, 1.807) is 36.4 Å². The monoisotopic (exact) mass is 309 g/mol. The van der Waals surface area contributed by atoms with Gasteiger partial charge in [0.05, 0.1) is 5.39 Å². The normalized spacial score (nSPS) is 11.3. The van der Waals surface area contributed by atoms with E-state index in [9.17, 15) is 15.0 Å². The highest BCUT2D eigenvalue weighted by molar-refractivity contribution is 5.93. The van der Waals surface area contributed by atoms with Gasteiger partial charge in [-0.25, -0.2) is 4.79 Å². The first kappa shape index (κ1) is 14.8. The van der Waals surface area contributed by atoms with Crippen LogP contribution in [-0.4, -0.2) is 23.0 Å². The molecule has 0 spiro atoms. The Morgan fingerprint density at radius 1 is 1.04 bits per heavy atom. The number of nitrogens with zero attached hydrogens (tertiary/aromatic N) is 1. The molecule has 23 heavy (non-hydrogen) atoms. The van der Waals surface area contributed by atoms with Crippen LogP contribution in [0.15, 0.2) is 62.7 Å². The van der Waals surface area contributed by atoms with Gasteiger partial charge in [0.25, 0.3) is 0 Å². The zero-order valence-corrected chi connectivity index (χ0v) is 12.3. The molecule has 2 aromatic carbocycles. The Hall–Kier alpha value is -3.08. The molecule has 0 bridgehead atoms. The van der Waals surface area contributed by atoms with Crippen molar-refractivity contribution in [2.45, 2.75) is 6.42 Å². The Morgan fingerprint density at radius 3 is 2.57 bits per heavy atom. The van der Waals surface area contributed by atoms with Gasteiger partial charge < -0.3 is 14.6 Å². The first-order valence-electron chi connectivity index (χ1n) is 7.17. The third-order valence-corrected chi connectivity index (χ3v) is 3.51. The first-order valence-corrected chi connectivity index (χ1v) is 7.17. The van der Waals surface area contributed by atoms with Crippen molar-refractivity contribution in [1.82, 2.24) is 0 Å². The molecule has 0 aliphatic heterocycles. The molecule has 0 radical (unpaired) electrons. The molecule has 0 fully saturated rings. The highest BCUT2D eigenvalue weighted by Crippen LogP contribution is 2.24. The lowest BCUT2D eigenvalue weighted by Gasteiger charge is -2.02. The molecule has 3 aromatic rings. The van der Waals surface area contributed by atoms with Crippen molar-refractivity contribution in [3.8, 4) is 11.5 Å². The number of aliphatic imine (C=N–C) groups is 1. The molecule has 0 aliphatic rings. The minimum absolute atomic E-state index is 0.0504. The van der Waals surface area contributed by atoms with Gasteiger partial charge in [-0.15, -0.1) is 0 Å². The summed E-state index contributed by atoms with van der Waals surface area (Å²) in [7, 11) is 0. The van der Waals surface area contributed by atoms with E-state index in [-0.39, 0.29) is 17.1 Å². The van der Waals surface area contributed by atoms with E-state index in [2.05, 4.69) is 4.99 Å². The fraction of sp³-hybridized carbons (Fsp3) is 0.111. The fourth-order valence-electron chi connectivity index (χ4n) is 2.27. The number of benzene rings is 2. The number of fused-ring (bicyclic) bond motifs is 1. The first-order chi connectivity index (χ1) is 11.1. The molecule has 0 saturated carbocycles. The Morgan fingerprint density at radius 2 is 1.78 bits per heavy atom. The summed E-state index contributed by atoms with van der Waals surface area (Å²) in [6.07, 6.45) is 2.00. The average Bonchev–Trinajstić information content (AvgIpc) is 2.55. The van der Waals surface area contributed by atoms with Gasteiger partial charge >= 0.3 is 5.63 Å². The van der Waals surface area contributed by atoms with Crippen LogP contribution in [0.4, 0.5) is 0 Å². The standard InChI is InChI=1S/C18H15NO4/c20-13-7-5-12(6-8-13)9-10-19-11-15-17(21)14-3-1-2-4-16(14)23-18(15)22/h1-8,11,20-21H,9-10H2. The van der Waals surface area contributed by atoms with Crippen molar-refractivity contribution >= 4 is 17.2 Å². The molecule has 0 aliphatic carbocycles. The molecule has 0 unspecified atom stereocenters. The zero-order chi connectivity index (χ0) is 16.2. The molecule has 3 rings (SSSR count). The van der Waals surface area contributed by atoms with Crippen LogP contribution in [-0.2, 0) is 6.42 Å². The maximum Gasteiger partial charge on any atom is 0.348 e. The lowest BCUT2D eigenvalue weighted by molar-refractivity contribution is 0.466. The van der Waals surface area contributed by atoms with Crippen molar-refractivity contribution in [3.63, 3.8) is 0 Å². The molecule has 116 valence electrons. The number of phenols is 1. The maximum atomic E-state index is 11.9. The third kappa shape index (κ3) is 3.23. The molecule has 5 heteroatoms. The minimum Gasteiger partial charge on any atom is -0.508 e. The topological polar surface area (TPSA) is 83.0 Å². The number of hydrogen-bond acceptors (Lipinski definition) is 5. The van der Waals surface area contributed by atoms with Crippen LogP contribution in [0.2, 0.25) is 0 Å². The maximum absolute atomic E-state index is 11.9. The number of phenolic OH excluding ortho intramolecular Hbond substituents is 1. The molecule has 1 heterocycles. The van der Waals surface area contributed by atoms with Crippen LogP contribution in [0.3, 0.4) is 0 Å². The van der Waals surface area contributed by atoms with Gasteiger partial charge in [0.2, 0.25) is 0 Å². The average molecular weight is 309 g/mol. The van der Waals surface area contributed by atoms with E-state index in [4.69, 9.17) is 4.42 Å². The number of rotatable bonds is 4. The third-order valence-electron chi connectivity index (χ3n) is 3.51. The van der Waals surface area contributed by atoms with Crippen molar-refractivity contribution in [2.75, 3.05) is 6.54 Å². The number of para-hydroxylation sites is 1. The van der Waals surface area contributed by atoms with Gasteiger partial charge in [-0.1, -0.05) is 24.3 Å². The Bertz CT molecular complexity index is 910. The summed E-state index contributed by atoms with van der Waals surface area (Å²) in [6.45, 7) is 0.455.